The molecular weight excluding hydrogens is 236 g/mol. The highest BCUT2D eigenvalue weighted by molar-refractivity contribution is 5.74. The van der Waals surface area contributed by atoms with E-state index in [1.54, 1.807) is 0 Å². The molecule has 2 heterocycles. The fraction of sp³-hybridized carbons (Fsp3) is 0.400. The van der Waals surface area contributed by atoms with E-state index in [0.29, 0.717) is 0 Å². The van der Waals surface area contributed by atoms with Crippen LogP contribution in [0.4, 0.5) is 11.4 Å². The Balaban J connectivity index is 1.88. The summed E-state index contributed by atoms with van der Waals surface area (Å²) in [5.74, 6) is 0. The average Bonchev–Trinajstić information content (AvgIpc) is 2.96. The van der Waals surface area contributed by atoms with Crippen molar-refractivity contribution in [1.82, 2.24) is 9.78 Å². The summed E-state index contributed by atoms with van der Waals surface area (Å²) in [6.07, 6.45) is 2.06. The van der Waals surface area contributed by atoms with Gasteiger partial charge in [0, 0.05) is 13.6 Å². The molecule has 0 saturated carbocycles. The second-order valence-corrected chi connectivity index (χ2v) is 5.13. The summed E-state index contributed by atoms with van der Waals surface area (Å²) in [4.78, 5) is 2.36. The van der Waals surface area contributed by atoms with Gasteiger partial charge in [0.2, 0.25) is 0 Å². The maximum atomic E-state index is 6.12. The summed E-state index contributed by atoms with van der Waals surface area (Å²) in [5, 5.41) is 4.51. The van der Waals surface area contributed by atoms with Crippen LogP contribution in [0, 0.1) is 0 Å². The normalized spacial score (nSPS) is 13.9. The number of benzene rings is 1. The highest BCUT2D eigenvalue weighted by atomic mass is 15.3. The van der Waals surface area contributed by atoms with Crippen LogP contribution >= 0.6 is 0 Å². The molecule has 0 spiro atoms. The van der Waals surface area contributed by atoms with Crippen molar-refractivity contribution < 1.29 is 0 Å². The SMILES string of the molecule is CCc1cc(CN2CCc3cccc(N)c32)n(C)n1. The largest absolute Gasteiger partial charge is 0.397 e. The lowest BCUT2D eigenvalue weighted by Gasteiger charge is -2.20. The standard InChI is InChI=1S/C15H20N4/c1-3-12-9-13(18(2)17-12)10-19-8-7-11-5-4-6-14(16)15(11)19/h4-6,9H,3,7-8,10,16H2,1-2H3. The van der Waals surface area contributed by atoms with E-state index in [9.17, 15) is 0 Å². The van der Waals surface area contributed by atoms with Crippen molar-refractivity contribution in [3.05, 3.63) is 41.2 Å². The van der Waals surface area contributed by atoms with Crippen molar-refractivity contribution in [2.24, 2.45) is 7.05 Å². The van der Waals surface area contributed by atoms with Crippen LogP contribution < -0.4 is 10.6 Å². The van der Waals surface area contributed by atoms with Crippen molar-refractivity contribution in [1.29, 1.82) is 0 Å². The number of fused-ring (bicyclic) bond motifs is 1. The van der Waals surface area contributed by atoms with Crippen LogP contribution in [0.1, 0.15) is 23.9 Å². The third kappa shape index (κ3) is 2.07. The van der Waals surface area contributed by atoms with E-state index in [4.69, 9.17) is 5.73 Å². The Kier molecular flexibility index (Phi) is 2.93. The lowest BCUT2D eigenvalue weighted by atomic mass is 10.1. The topological polar surface area (TPSA) is 47.1 Å². The van der Waals surface area contributed by atoms with Crippen LogP contribution in [0.2, 0.25) is 0 Å². The number of nitrogens with zero attached hydrogens (tertiary/aromatic N) is 3. The summed E-state index contributed by atoms with van der Waals surface area (Å²) in [6, 6.07) is 8.39. The zero-order valence-electron chi connectivity index (χ0n) is 11.6. The molecule has 0 atom stereocenters. The molecular formula is C15H20N4. The van der Waals surface area contributed by atoms with E-state index >= 15 is 0 Å². The number of aryl methyl sites for hydroxylation is 2. The molecule has 0 saturated heterocycles. The first-order valence-electron chi connectivity index (χ1n) is 6.83. The molecule has 0 fully saturated rings. The first-order valence-corrected chi connectivity index (χ1v) is 6.83. The molecule has 2 aromatic rings. The van der Waals surface area contributed by atoms with E-state index in [1.165, 1.54) is 16.9 Å². The molecule has 2 N–H and O–H groups in total. The van der Waals surface area contributed by atoms with Gasteiger partial charge >= 0.3 is 0 Å². The van der Waals surface area contributed by atoms with Crippen LogP contribution in [0.3, 0.4) is 0 Å². The first-order chi connectivity index (χ1) is 9.19. The van der Waals surface area contributed by atoms with Gasteiger partial charge in [0.25, 0.3) is 0 Å². The van der Waals surface area contributed by atoms with Crippen molar-refractivity contribution in [3.8, 4) is 0 Å². The molecule has 0 aliphatic carbocycles. The number of hydrogen-bond acceptors (Lipinski definition) is 3. The third-order valence-electron chi connectivity index (χ3n) is 3.86. The summed E-state index contributed by atoms with van der Waals surface area (Å²) in [7, 11) is 2.01. The molecule has 1 aromatic carbocycles. The molecule has 19 heavy (non-hydrogen) atoms. The average molecular weight is 256 g/mol. The fourth-order valence-electron chi connectivity index (χ4n) is 2.81. The molecule has 0 bridgehead atoms. The van der Waals surface area contributed by atoms with Gasteiger partial charge in [-0.1, -0.05) is 19.1 Å². The third-order valence-corrected chi connectivity index (χ3v) is 3.86. The van der Waals surface area contributed by atoms with E-state index < -0.39 is 0 Å². The van der Waals surface area contributed by atoms with Gasteiger partial charge in [-0.15, -0.1) is 0 Å². The van der Waals surface area contributed by atoms with Crippen LogP contribution in [0.25, 0.3) is 0 Å². The minimum atomic E-state index is 0.880. The smallest absolute Gasteiger partial charge is 0.0636 e. The van der Waals surface area contributed by atoms with Gasteiger partial charge in [0.05, 0.1) is 29.3 Å². The van der Waals surface area contributed by atoms with E-state index in [-0.39, 0.29) is 0 Å². The molecule has 4 nitrogen and oxygen atoms in total. The summed E-state index contributed by atoms with van der Waals surface area (Å²) < 4.78 is 1.98. The molecule has 4 heteroatoms. The van der Waals surface area contributed by atoms with Crippen LogP contribution in [-0.4, -0.2) is 16.3 Å². The minimum Gasteiger partial charge on any atom is -0.397 e. The molecule has 1 aromatic heterocycles. The Labute approximate surface area is 113 Å². The second-order valence-electron chi connectivity index (χ2n) is 5.13. The number of anilines is 2. The number of nitrogens with two attached hydrogens (primary N) is 1. The van der Waals surface area contributed by atoms with E-state index in [0.717, 1.165) is 37.3 Å². The van der Waals surface area contributed by atoms with Crippen LogP contribution in [0.15, 0.2) is 24.3 Å². The lowest BCUT2D eigenvalue weighted by molar-refractivity contribution is 0.680. The second kappa shape index (κ2) is 4.61. The van der Waals surface area contributed by atoms with Gasteiger partial charge in [-0.3, -0.25) is 4.68 Å². The Morgan fingerprint density at radius 3 is 2.95 bits per heavy atom. The Bertz CT molecular complexity index is 600. The highest BCUT2D eigenvalue weighted by Gasteiger charge is 2.22. The summed E-state index contributed by atoms with van der Waals surface area (Å²) in [6.45, 7) is 4.05. The monoisotopic (exact) mass is 256 g/mol. The van der Waals surface area contributed by atoms with Crippen LogP contribution in [-0.2, 0) is 26.4 Å². The van der Waals surface area contributed by atoms with Gasteiger partial charge in [-0.2, -0.15) is 5.10 Å². The molecule has 1 aliphatic heterocycles. The highest BCUT2D eigenvalue weighted by Crippen LogP contribution is 2.34. The van der Waals surface area contributed by atoms with Gasteiger partial charge in [-0.25, -0.2) is 0 Å². The van der Waals surface area contributed by atoms with Crippen molar-refractivity contribution in [3.63, 3.8) is 0 Å². The molecule has 0 unspecified atom stereocenters. The predicted molar refractivity (Wildman–Crippen MR) is 78.2 cm³/mol. The zero-order valence-corrected chi connectivity index (χ0v) is 11.6. The number of hydrogen-bond donors (Lipinski definition) is 1. The maximum Gasteiger partial charge on any atom is 0.0636 e. The first kappa shape index (κ1) is 12.1. The van der Waals surface area contributed by atoms with Gasteiger partial charge in [-0.05, 0) is 30.5 Å². The number of aromatic nitrogens is 2. The van der Waals surface area contributed by atoms with Crippen molar-refractivity contribution in [2.75, 3.05) is 17.2 Å². The molecule has 1 aliphatic rings. The summed E-state index contributed by atoms with van der Waals surface area (Å²) >= 11 is 0. The van der Waals surface area contributed by atoms with Crippen molar-refractivity contribution >= 4 is 11.4 Å². The Hall–Kier alpha value is -1.97. The molecule has 0 radical (unpaired) electrons. The lowest BCUT2D eigenvalue weighted by Crippen LogP contribution is -2.22. The Morgan fingerprint density at radius 1 is 1.37 bits per heavy atom. The summed E-state index contributed by atoms with van der Waals surface area (Å²) in [5.41, 5.74) is 12.0. The minimum absolute atomic E-state index is 0.880. The Morgan fingerprint density at radius 2 is 2.21 bits per heavy atom. The quantitative estimate of drug-likeness (QED) is 0.856. The van der Waals surface area contributed by atoms with E-state index in [2.05, 4.69) is 29.1 Å². The van der Waals surface area contributed by atoms with Crippen molar-refractivity contribution in [2.45, 2.75) is 26.3 Å². The van der Waals surface area contributed by atoms with Crippen LogP contribution in [0.5, 0.6) is 0 Å². The van der Waals surface area contributed by atoms with E-state index in [1.807, 2.05) is 23.9 Å². The van der Waals surface area contributed by atoms with Gasteiger partial charge in [0.15, 0.2) is 0 Å². The van der Waals surface area contributed by atoms with Gasteiger partial charge in [0.1, 0.15) is 0 Å². The molecule has 100 valence electrons. The molecule has 3 rings (SSSR count). The fourth-order valence-corrected chi connectivity index (χ4v) is 2.81. The maximum absolute atomic E-state index is 6.12. The molecule has 0 amide bonds. The number of nitrogen functional groups attached to an aromatic ring is 1. The zero-order chi connectivity index (χ0) is 13.4. The predicted octanol–water partition coefficient (Wildman–Crippen LogP) is 2.13. The van der Waals surface area contributed by atoms with Gasteiger partial charge < -0.3 is 10.6 Å². The number of rotatable bonds is 3. The number of para-hydroxylation sites is 1.